The zero-order chi connectivity index (χ0) is 31.8. The maximum Gasteiger partial charge on any atom is 0.294 e. The van der Waals surface area contributed by atoms with Gasteiger partial charge in [-0.2, -0.15) is 25.3 Å². The average molecular weight is 654 g/mol. The quantitative estimate of drug-likeness (QED) is 0.224. The van der Waals surface area contributed by atoms with E-state index in [0.717, 1.165) is 35.4 Å². The Morgan fingerprint density at radius 1 is 0.860 bits per heavy atom. The highest BCUT2D eigenvalue weighted by Gasteiger charge is 2.40. The molecule has 0 unspecified atom stereocenters. The predicted molar refractivity (Wildman–Crippen MR) is 162 cm³/mol. The summed E-state index contributed by atoms with van der Waals surface area (Å²) in [6, 6.07) is 9.83. The van der Waals surface area contributed by atoms with Gasteiger partial charge in [0.1, 0.15) is 11.5 Å². The van der Waals surface area contributed by atoms with Crippen LogP contribution in [-0.4, -0.2) is 51.2 Å². The Bertz CT molecular complexity index is 1820. The second-order valence-electron chi connectivity index (χ2n) is 11.2. The van der Waals surface area contributed by atoms with Gasteiger partial charge in [0.2, 0.25) is 0 Å². The van der Waals surface area contributed by atoms with Crippen molar-refractivity contribution < 1.29 is 43.6 Å². The average Bonchev–Trinajstić information content (AvgIpc) is 3.11. The number of rotatable bonds is 10. The van der Waals surface area contributed by atoms with Crippen molar-refractivity contribution in [3.05, 3.63) is 82.8 Å². The topological polar surface area (TPSA) is 176 Å². The van der Waals surface area contributed by atoms with Crippen LogP contribution in [0.2, 0.25) is 0 Å². The molecule has 0 amide bonds. The summed E-state index contributed by atoms with van der Waals surface area (Å²) in [5.74, 6) is 0.663. The second kappa shape index (κ2) is 12.2. The molecule has 0 atom stereocenters. The molecule has 14 heteroatoms. The highest BCUT2D eigenvalue weighted by Crippen LogP contribution is 2.48. The van der Waals surface area contributed by atoms with E-state index in [0.29, 0.717) is 36.5 Å². The van der Waals surface area contributed by atoms with Crippen LogP contribution in [0.5, 0.6) is 5.75 Å². The van der Waals surface area contributed by atoms with Gasteiger partial charge in [0, 0.05) is 23.3 Å². The van der Waals surface area contributed by atoms with E-state index < -0.39 is 35.8 Å². The number of allylic oxidation sites excluding steroid dienone is 5. The third-order valence-corrected chi connectivity index (χ3v) is 10.2. The Kier molecular flexibility index (Phi) is 9.31. The molecule has 1 heterocycles. The Morgan fingerprint density at radius 2 is 1.49 bits per heavy atom. The second-order valence-corrected chi connectivity index (χ2v) is 15.6. The number of benzene rings is 2. The largest absolute Gasteiger partial charge is 0.457 e. The number of anilines is 1. The van der Waals surface area contributed by atoms with Crippen LogP contribution in [-0.2, 0) is 35.8 Å². The lowest BCUT2D eigenvalue weighted by Crippen LogP contribution is -2.27. The summed E-state index contributed by atoms with van der Waals surface area (Å²) in [5.41, 5.74) is 3.41. The molecule has 0 aromatic heterocycles. The fourth-order valence-electron chi connectivity index (χ4n) is 5.44. The van der Waals surface area contributed by atoms with Gasteiger partial charge < -0.3 is 9.64 Å². The monoisotopic (exact) mass is 653 g/mol. The molecule has 1 aliphatic heterocycles. The fourth-order valence-corrected chi connectivity index (χ4v) is 7.00. The summed E-state index contributed by atoms with van der Waals surface area (Å²) in [5, 5.41) is 0. The van der Waals surface area contributed by atoms with Gasteiger partial charge >= 0.3 is 0 Å². The maximum absolute atomic E-state index is 11.9. The first-order valence-corrected chi connectivity index (χ1v) is 18.1. The van der Waals surface area contributed by atoms with E-state index in [1.807, 2.05) is 37.8 Å². The predicted octanol–water partition coefficient (Wildman–Crippen LogP) is 5.29. The minimum absolute atomic E-state index is 0.221. The summed E-state index contributed by atoms with van der Waals surface area (Å²) < 4.78 is 103. The molecule has 2 aromatic rings. The molecule has 0 saturated carbocycles. The van der Waals surface area contributed by atoms with Crippen molar-refractivity contribution in [3.8, 4) is 5.75 Å². The number of hydrogen-bond donors (Lipinski definition) is 3. The molecule has 1 aliphatic carbocycles. The Hall–Kier alpha value is -3.01. The van der Waals surface area contributed by atoms with Crippen LogP contribution >= 0.6 is 0 Å². The molecule has 4 rings (SSSR count). The van der Waals surface area contributed by atoms with Gasteiger partial charge in [-0.05, 0) is 104 Å². The fraction of sp³-hybridized carbons (Fsp3) is 0.379. The van der Waals surface area contributed by atoms with Crippen molar-refractivity contribution in [2.45, 2.75) is 68.1 Å². The lowest BCUT2D eigenvalue weighted by Gasteiger charge is -2.27. The summed E-state index contributed by atoms with van der Waals surface area (Å²) in [6.07, 6.45) is 6.90. The van der Waals surface area contributed by atoms with E-state index in [1.165, 1.54) is 36.4 Å². The summed E-state index contributed by atoms with van der Waals surface area (Å²) >= 11 is 0. The van der Waals surface area contributed by atoms with Gasteiger partial charge in [0.05, 0.1) is 15.5 Å². The van der Waals surface area contributed by atoms with Crippen LogP contribution < -0.4 is 9.64 Å². The van der Waals surface area contributed by atoms with E-state index in [2.05, 4.69) is 0 Å². The van der Waals surface area contributed by atoms with Crippen LogP contribution in [0.25, 0.3) is 0 Å². The van der Waals surface area contributed by atoms with Crippen molar-refractivity contribution >= 4 is 36.0 Å². The van der Waals surface area contributed by atoms with Gasteiger partial charge in [0.25, 0.3) is 30.4 Å². The van der Waals surface area contributed by atoms with Crippen LogP contribution in [0.15, 0.2) is 87.0 Å². The first-order valence-electron chi connectivity index (χ1n) is 13.6. The zero-order valence-electron chi connectivity index (χ0n) is 24.0. The van der Waals surface area contributed by atoms with Crippen LogP contribution in [0.3, 0.4) is 0 Å². The van der Waals surface area contributed by atoms with Crippen molar-refractivity contribution in [3.63, 3.8) is 0 Å². The van der Waals surface area contributed by atoms with Crippen molar-refractivity contribution in [1.29, 1.82) is 0 Å². The Morgan fingerprint density at radius 3 is 2.09 bits per heavy atom. The van der Waals surface area contributed by atoms with Gasteiger partial charge in [-0.1, -0.05) is 19.9 Å². The minimum Gasteiger partial charge on any atom is -0.457 e. The van der Waals surface area contributed by atoms with Crippen LogP contribution in [0.4, 0.5) is 5.69 Å². The van der Waals surface area contributed by atoms with Crippen LogP contribution in [0.1, 0.15) is 58.4 Å². The molecule has 2 aliphatic rings. The van der Waals surface area contributed by atoms with E-state index in [1.54, 1.807) is 6.07 Å². The Labute approximate surface area is 252 Å². The smallest absolute Gasteiger partial charge is 0.294 e. The molecule has 0 spiro atoms. The number of ether oxygens (including phenoxy) is 1. The molecule has 0 bridgehead atoms. The Balaban J connectivity index is 1.71. The third kappa shape index (κ3) is 7.75. The molecular formula is C29H35NO10S3. The zero-order valence-corrected chi connectivity index (χ0v) is 26.5. The maximum atomic E-state index is 11.9. The molecule has 0 fully saturated rings. The number of fused-ring (bicyclic) bond motifs is 1. The normalized spacial score (nSPS) is 19.3. The van der Waals surface area contributed by atoms with Crippen molar-refractivity contribution in [2.75, 3.05) is 17.2 Å². The lowest BCUT2D eigenvalue weighted by atomic mass is 9.83. The molecule has 0 saturated heterocycles. The summed E-state index contributed by atoms with van der Waals surface area (Å²) in [7, 11) is -12.9. The van der Waals surface area contributed by atoms with Gasteiger partial charge in [0.15, 0.2) is 0 Å². The molecule has 43 heavy (non-hydrogen) atoms. The van der Waals surface area contributed by atoms with E-state index in [9.17, 15) is 34.4 Å². The van der Waals surface area contributed by atoms with E-state index in [-0.39, 0.29) is 22.0 Å². The molecule has 2 aromatic carbocycles. The first-order chi connectivity index (χ1) is 19.9. The van der Waals surface area contributed by atoms with Crippen LogP contribution in [0, 0.1) is 0 Å². The van der Waals surface area contributed by atoms with E-state index in [4.69, 9.17) is 9.29 Å². The van der Waals surface area contributed by atoms with E-state index >= 15 is 0 Å². The molecular weight excluding hydrogens is 619 g/mol. The van der Waals surface area contributed by atoms with Gasteiger partial charge in [-0.3, -0.25) is 13.7 Å². The van der Waals surface area contributed by atoms with Gasteiger partial charge in [-0.25, -0.2) is 0 Å². The molecule has 11 nitrogen and oxygen atoms in total. The third-order valence-electron chi connectivity index (χ3n) is 7.66. The first kappa shape index (κ1) is 32.9. The molecule has 234 valence electrons. The summed E-state index contributed by atoms with van der Waals surface area (Å²) in [6.45, 7) is 6.21. The number of hydrogen-bond acceptors (Lipinski definition) is 8. The minimum atomic E-state index is -4.44. The van der Waals surface area contributed by atoms with Gasteiger partial charge in [-0.15, -0.1) is 0 Å². The number of nitrogens with zero attached hydrogens (tertiary/aromatic N) is 1. The lowest BCUT2D eigenvalue weighted by molar-refractivity contribution is 0.412. The SMILES string of the molecule is CC1=C(Oc2ccc(S(=O)(=O)O)cc2)/C(=C/C=C2/N(CCCCS(=O)(=O)O)c3ccc(S(=O)(=O)O)cc3C2(C)C)CCC1. The highest BCUT2D eigenvalue weighted by molar-refractivity contribution is 7.86. The highest BCUT2D eigenvalue weighted by atomic mass is 32.2. The summed E-state index contributed by atoms with van der Waals surface area (Å²) in [4.78, 5) is 1.51. The number of unbranched alkanes of at least 4 members (excludes halogenated alkanes) is 1. The molecule has 0 radical (unpaired) electrons. The van der Waals surface area contributed by atoms with Crippen molar-refractivity contribution in [2.24, 2.45) is 0 Å². The molecule has 3 N–H and O–H groups in total. The standard InChI is InChI=1S/C29H35NO10S3/c1-20-7-6-8-21(28(20)40-22-10-12-23(13-11-22)42(34,35)36)9-16-27-29(2,3)25-19-24(43(37,38)39)14-15-26(25)30(27)17-4-5-18-41(31,32)33/h9-16,19H,4-8,17-18H2,1-3H3,(H,31,32,33)(H,34,35,36)(H,37,38,39)/b21-9+,27-16+. The van der Waals surface area contributed by atoms with Crippen molar-refractivity contribution in [1.82, 2.24) is 0 Å².